The van der Waals surface area contributed by atoms with Crippen molar-refractivity contribution in [3.05, 3.63) is 89.2 Å². The topological polar surface area (TPSA) is 65.4 Å². The normalized spacial score (nSPS) is 10.8. The van der Waals surface area contributed by atoms with Gasteiger partial charge in [-0.05, 0) is 61.4 Å². The van der Waals surface area contributed by atoms with Gasteiger partial charge in [0.1, 0.15) is 17.3 Å². The van der Waals surface area contributed by atoms with Crippen molar-refractivity contribution in [3.63, 3.8) is 0 Å². The number of halogens is 1. The third-order valence-corrected chi connectivity index (χ3v) is 5.69. The molecule has 0 saturated heterocycles. The van der Waals surface area contributed by atoms with Gasteiger partial charge in [0.05, 0.1) is 41.9 Å². The predicted molar refractivity (Wildman–Crippen MR) is 130 cm³/mol. The van der Waals surface area contributed by atoms with Crippen LogP contribution in [0.4, 0.5) is 0 Å². The maximum absolute atomic E-state index is 12.6. The van der Waals surface area contributed by atoms with Crippen molar-refractivity contribution < 1.29 is 14.3 Å². The molecular weight excluding hydrogens is 438 g/mol. The predicted octanol–water partition coefficient (Wildman–Crippen LogP) is 5.49. The summed E-state index contributed by atoms with van der Waals surface area (Å²) in [5.74, 6) is 2.23. The van der Waals surface area contributed by atoms with Gasteiger partial charge in [-0.2, -0.15) is 0 Å². The van der Waals surface area contributed by atoms with Gasteiger partial charge >= 0.3 is 0 Å². The van der Waals surface area contributed by atoms with Crippen molar-refractivity contribution in [3.8, 4) is 11.5 Å². The first kappa shape index (κ1) is 22.7. The molecule has 4 aromatic rings. The van der Waals surface area contributed by atoms with Gasteiger partial charge in [0, 0.05) is 6.54 Å². The third kappa shape index (κ3) is 5.65. The number of hydrogen-bond donors (Lipinski definition) is 1. The summed E-state index contributed by atoms with van der Waals surface area (Å²) in [4.78, 5) is 17.3. The van der Waals surface area contributed by atoms with E-state index in [1.54, 1.807) is 31.4 Å². The number of unbranched alkanes of at least 4 members (excludes halogenated alkanes) is 1. The first-order chi connectivity index (χ1) is 16.2. The fourth-order valence-corrected chi connectivity index (χ4v) is 3.87. The number of methoxy groups -OCH3 is 1. The number of imidazole rings is 1. The molecule has 170 valence electrons. The second-order valence-corrected chi connectivity index (χ2v) is 7.97. The fraction of sp³-hybridized carbons (Fsp3) is 0.231. The van der Waals surface area contributed by atoms with Crippen LogP contribution in [0.1, 0.15) is 29.0 Å². The molecule has 3 aromatic carbocycles. The van der Waals surface area contributed by atoms with Gasteiger partial charge in [0.2, 0.25) is 0 Å². The molecule has 0 saturated carbocycles. The Balaban J connectivity index is 1.36. The lowest BCUT2D eigenvalue weighted by Gasteiger charge is -2.11. The Morgan fingerprint density at radius 3 is 2.48 bits per heavy atom. The van der Waals surface area contributed by atoms with E-state index in [1.165, 1.54) is 0 Å². The van der Waals surface area contributed by atoms with Crippen LogP contribution in [0.5, 0.6) is 11.5 Å². The van der Waals surface area contributed by atoms with E-state index in [-0.39, 0.29) is 5.91 Å². The lowest BCUT2D eigenvalue weighted by atomic mass is 10.2. The molecule has 0 radical (unpaired) electrons. The number of aryl methyl sites for hydroxylation is 1. The molecule has 0 unspecified atom stereocenters. The molecule has 0 atom stereocenters. The van der Waals surface area contributed by atoms with Crippen LogP contribution in [0.2, 0.25) is 5.02 Å². The van der Waals surface area contributed by atoms with Crippen LogP contribution in [-0.2, 0) is 13.1 Å². The van der Waals surface area contributed by atoms with Gasteiger partial charge in [-0.25, -0.2) is 4.98 Å². The zero-order chi connectivity index (χ0) is 23.0. The first-order valence-electron chi connectivity index (χ1n) is 10.9. The third-order valence-electron chi connectivity index (χ3n) is 5.36. The largest absolute Gasteiger partial charge is 0.497 e. The van der Waals surface area contributed by atoms with Crippen molar-refractivity contribution in [2.24, 2.45) is 0 Å². The lowest BCUT2D eigenvalue weighted by Crippen LogP contribution is -2.25. The summed E-state index contributed by atoms with van der Waals surface area (Å²) in [6.07, 6.45) is 1.81. The van der Waals surface area contributed by atoms with E-state index in [9.17, 15) is 4.79 Å². The van der Waals surface area contributed by atoms with E-state index >= 15 is 0 Å². The van der Waals surface area contributed by atoms with Crippen LogP contribution in [-0.4, -0.2) is 29.2 Å². The summed E-state index contributed by atoms with van der Waals surface area (Å²) in [5, 5.41) is 3.38. The quantitative estimate of drug-likeness (QED) is 0.316. The summed E-state index contributed by atoms with van der Waals surface area (Å²) < 4.78 is 13.2. The van der Waals surface area contributed by atoms with E-state index in [1.807, 2.05) is 42.5 Å². The van der Waals surface area contributed by atoms with E-state index in [0.717, 1.165) is 47.7 Å². The number of aromatic nitrogens is 2. The number of hydrogen-bond acceptors (Lipinski definition) is 4. The highest BCUT2D eigenvalue weighted by molar-refractivity contribution is 6.33. The maximum Gasteiger partial charge on any atom is 0.253 e. The lowest BCUT2D eigenvalue weighted by molar-refractivity contribution is 0.0949. The molecule has 1 N–H and O–H groups in total. The van der Waals surface area contributed by atoms with Crippen molar-refractivity contribution in [1.82, 2.24) is 14.9 Å². The summed E-state index contributed by atoms with van der Waals surface area (Å²) in [5.41, 5.74) is 2.42. The molecule has 1 amide bonds. The minimum atomic E-state index is -0.216. The van der Waals surface area contributed by atoms with Crippen LogP contribution >= 0.6 is 11.6 Å². The van der Waals surface area contributed by atoms with E-state index < -0.39 is 0 Å². The van der Waals surface area contributed by atoms with Gasteiger partial charge in [0.25, 0.3) is 5.91 Å². The summed E-state index contributed by atoms with van der Waals surface area (Å²) in [6, 6.07) is 22.6. The number of fused-ring (bicyclic) bond motifs is 1. The molecule has 0 fully saturated rings. The summed E-state index contributed by atoms with van der Waals surface area (Å²) in [6.45, 7) is 1.72. The molecule has 0 bridgehead atoms. The van der Waals surface area contributed by atoms with Crippen molar-refractivity contribution in [2.45, 2.75) is 25.9 Å². The molecule has 0 aliphatic carbocycles. The van der Waals surface area contributed by atoms with E-state index in [0.29, 0.717) is 23.7 Å². The number of carbonyl (C=O) groups excluding carboxylic acids is 1. The number of nitrogens with zero attached hydrogens (tertiary/aromatic N) is 2. The number of benzene rings is 3. The molecule has 33 heavy (non-hydrogen) atoms. The highest BCUT2D eigenvalue weighted by Crippen LogP contribution is 2.20. The summed E-state index contributed by atoms with van der Waals surface area (Å²) in [7, 11) is 1.65. The van der Waals surface area contributed by atoms with Gasteiger partial charge in [0.15, 0.2) is 0 Å². The molecule has 0 aliphatic heterocycles. The van der Waals surface area contributed by atoms with Crippen molar-refractivity contribution >= 4 is 28.5 Å². The molecule has 1 aromatic heterocycles. The van der Waals surface area contributed by atoms with Crippen LogP contribution in [0, 0.1) is 0 Å². The number of carbonyl (C=O) groups is 1. The average molecular weight is 464 g/mol. The standard InChI is InChI=1S/C26H26ClN3O3/c1-32-19-12-14-20(15-13-19)33-17-7-6-16-30-24-11-5-4-10-23(24)29-25(30)18-28-26(31)21-8-2-3-9-22(21)27/h2-5,8-15H,6-7,16-18H2,1H3,(H,28,31). The second kappa shape index (κ2) is 10.9. The molecule has 1 heterocycles. The molecule has 0 aliphatic rings. The Labute approximate surface area is 198 Å². The number of amides is 1. The smallest absolute Gasteiger partial charge is 0.253 e. The van der Waals surface area contributed by atoms with Crippen molar-refractivity contribution in [2.75, 3.05) is 13.7 Å². The Bertz CT molecular complexity index is 1220. The maximum atomic E-state index is 12.6. The van der Waals surface area contributed by atoms with Crippen LogP contribution in [0.3, 0.4) is 0 Å². The zero-order valence-corrected chi connectivity index (χ0v) is 19.2. The Morgan fingerprint density at radius 2 is 1.70 bits per heavy atom. The number of ether oxygens (including phenoxy) is 2. The monoisotopic (exact) mass is 463 g/mol. The van der Waals surface area contributed by atoms with Crippen LogP contribution in [0.25, 0.3) is 11.0 Å². The van der Waals surface area contributed by atoms with Gasteiger partial charge in [-0.3, -0.25) is 4.79 Å². The average Bonchev–Trinajstić information content (AvgIpc) is 3.20. The minimum absolute atomic E-state index is 0.216. The molecule has 6 nitrogen and oxygen atoms in total. The number of para-hydroxylation sites is 2. The zero-order valence-electron chi connectivity index (χ0n) is 18.5. The fourth-order valence-electron chi connectivity index (χ4n) is 3.64. The van der Waals surface area contributed by atoms with Crippen LogP contribution in [0.15, 0.2) is 72.8 Å². The first-order valence-corrected chi connectivity index (χ1v) is 11.3. The molecule has 4 rings (SSSR count). The Morgan fingerprint density at radius 1 is 0.970 bits per heavy atom. The molecule has 0 spiro atoms. The van der Waals surface area contributed by atoms with E-state index in [4.69, 9.17) is 26.1 Å². The summed E-state index contributed by atoms with van der Waals surface area (Å²) >= 11 is 6.15. The second-order valence-electron chi connectivity index (χ2n) is 7.56. The number of rotatable bonds is 10. The van der Waals surface area contributed by atoms with Gasteiger partial charge < -0.3 is 19.4 Å². The number of nitrogens with one attached hydrogen (secondary N) is 1. The Hall–Kier alpha value is -3.51. The highest BCUT2D eigenvalue weighted by Gasteiger charge is 2.14. The van der Waals surface area contributed by atoms with Gasteiger partial charge in [-0.1, -0.05) is 35.9 Å². The van der Waals surface area contributed by atoms with Crippen LogP contribution < -0.4 is 14.8 Å². The SMILES string of the molecule is COc1ccc(OCCCCn2c(CNC(=O)c3ccccc3Cl)nc3ccccc32)cc1. The molecular formula is C26H26ClN3O3. The minimum Gasteiger partial charge on any atom is -0.497 e. The molecule has 7 heteroatoms. The van der Waals surface area contributed by atoms with Gasteiger partial charge in [-0.15, -0.1) is 0 Å². The Kier molecular flexibility index (Phi) is 7.47. The van der Waals surface area contributed by atoms with Crippen molar-refractivity contribution in [1.29, 1.82) is 0 Å². The van der Waals surface area contributed by atoms with E-state index in [2.05, 4.69) is 16.0 Å². The highest BCUT2D eigenvalue weighted by atomic mass is 35.5.